The van der Waals surface area contributed by atoms with E-state index in [4.69, 9.17) is 0 Å². The number of aromatic nitrogens is 1. The van der Waals surface area contributed by atoms with Crippen LogP contribution in [0.1, 0.15) is 39.3 Å². The van der Waals surface area contributed by atoms with Crippen molar-refractivity contribution in [3.05, 3.63) is 18.0 Å². The SMILES string of the molecule is CCCC(C)N(C)S(=O)(=O)c1cc(CNCC)n(C)c1. The molecule has 5 nitrogen and oxygen atoms in total. The summed E-state index contributed by atoms with van der Waals surface area (Å²) in [7, 11) is 0.133. The lowest BCUT2D eigenvalue weighted by Crippen LogP contribution is -2.34. The molecule has 0 aliphatic carbocycles. The molecule has 0 aliphatic heterocycles. The number of hydrogen-bond acceptors (Lipinski definition) is 3. The van der Waals surface area contributed by atoms with Crippen molar-refractivity contribution >= 4 is 10.0 Å². The zero-order valence-corrected chi connectivity index (χ0v) is 14.0. The summed E-state index contributed by atoms with van der Waals surface area (Å²) in [6.07, 6.45) is 3.53. The Hall–Kier alpha value is -0.850. The lowest BCUT2D eigenvalue weighted by molar-refractivity contribution is 0.368. The minimum atomic E-state index is -3.40. The highest BCUT2D eigenvalue weighted by Crippen LogP contribution is 2.20. The standard InChI is InChI=1S/C14H27N3O2S/c1-6-8-12(3)17(5)20(18,19)14-9-13(10-15-7-2)16(4)11-14/h9,11-12,15H,6-8,10H2,1-5H3. The predicted molar refractivity (Wildman–Crippen MR) is 82.1 cm³/mol. The molecular weight excluding hydrogens is 274 g/mol. The van der Waals surface area contributed by atoms with Gasteiger partial charge in [0, 0.05) is 38.6 Å². The van der Waals surface area contributed by atoms with Crippen molar-refractivity contribution in [3.8, 4) is 0 Å². The number of aryl methyl sites for hydroxylation is 1. The highest BCUT2D eigenvalue weighted by atomic mass is 32.2. The van der Waals surface area contributed by atoms with Crippen molar-refractivity contribution in [2.24, 2.45) is 7.05 Å². The molecule has 1 unspecified atom stereocenters. The van der Waals surface area contributed by atoms with Crippen LogP contribution in [-0.4, -0.2) is 36.9 Å². The molecule has 1 rings (SSSR count). The van der Waals surface area contributed by atoms with Crippen LogP contribution in [-0.2, 0) is 23.6 Å². The minimum absolute atomic E-state index is 0.0161. The minimum Gasteiger partial charge on any atom is -0.352 e. The fourth-order valence-electron chi connectivity index (χ4n) is 2.15. The summed E-state index contributed by atoms with van der Waals surface area (Å²) in [4.78, 5) is 0.373. The first-order chi connectivity index (χ1) is 9.34. The highest BCUT2D eigenvalue weighted by molar-refractivity contribution is 7.89. The summed E-state index contributed by atoms with van der Waals surface area (Å²) in [5, 5.41) is 3.21. The van der Waals surface area contributed by atoms with E-state index < -0.39 is 10.0 Å². The molecule has 1 heterocycles. The van der Waals surface area contributed by atoms with Gasteiger partial charge in [0.1, 0.15) is 4.90 Å². The van der Waals surface area contributed by atoms with Crippen LogP contribution in [0.2, 0.25) is 0 Å². The van der Waals surface area contributed by atoms with Crippen LogP contribution < -0.4 is 5.32 Å². The largest absolute Gasteiger partial charge is 0.352 e. The molecule has 0 aromatic carbocycles. The van der Waals surface area contributed by atoms with E-state index in [0.29, 0.717) is 11.4 Å². The fraction of sp³-hybridized carbons (Fsp3) is 0.714. The molecule has 0 bridgehead atoms. The maximum absolute atomic E-state index is 12.6. The molecule has 0 spiro atoms. The molecule has 0 radical (unpaired) electrons. The number of nitrogens with one attached hydrogen (secondary N) is 1. The summed E-state index contributed by atoms with van der Waals surface area (Å²) in [5.74, 6) is 0. The van der Waals surface area contributed by atoms with Gasteiger partial charge in [0.05, 0.1) is 0 Å². The molecular formula is C14H27N3O2S. The van der Waals surface area contributed by atoms with Crippen LogP contribution >= 0.6 is 0 Å². The normalized spacial score (nSPS) is 13.9. The molecule has 1 aromatic heterocycles. The van der Waals surface area contributed by atoms with Gasteiger partial charge in [-0.15, -0.1) is 0 Å². The van der Waals surface area contributed by atoms with Crippen LogP contribution in [0.15, 0.2) is 17.2 Å². The van der Waals surface area contributed by atoms with Gasteiger partial charge in [-0.25, -0.2) is 8.42 Å². The van der Waals surface area contributed by atoms with Crippen LogP contribution in [0.5, 0.6) is 0 Å². The third-order valence-corrected chi connectivity index (χ3v) is 5.58. The zero-order valence-electron chi connectivity index (χ0n) is 13.2. The Morgan fingerprint density at radius 3 is 2.60 bits per heavy atom. The Kier molecular flexibility index (Phi) is 6.23. The van der Waals surface area contributed by atoms with E-state index in [9.17, 15) is 8.42 Å². The molecule has 1 N–H and O–H groups in total. The van der Waals surface area contributed by atoms with Gasteiger partial charge in [-0.2, -0.15) is 4.31 Å². The van der Waals surface area contributed by atoms with Crippen molar-refractivity contribution in [2.45, 2.75) is 51.1 Å². The Morgan fingerprint density at radius 1 is 1.40 bits per heavy atom. The van der Waals surface area contributed by atoms with Crippen molar-refractivity contribution in [1.82, 2.24) is 14.2 Å². The third-order valence-electron chi connectivity index (χ3n) is 3.64. The molecule has 0 saturated carbocycles. The Bertz CT molecular complexity index is 523. The molecule has 1 aromatic rings. The lowest BCUT2D eigenvalue weighted by Gasteiger charge is -2.23. The number of rotatable bonds is 8. The molecule has 0 saturated heterocycles. The number of nitrogens with zero attached hydrogens (tertiary/aromatic N) is 2. The van der Waals surface area contributed by atoms with Gasteiger partial charge in [-0.3, -0.25) is 0 Å². The van der Waals surface area contributed by atoms with Crippen molar-refractivity contribution < 1.29 is 8.42 Å². The van der Waals surface area contributed by atoms with Gasteiger partial charge < -0.3 is 9.88 Å². The molecule has 6 heteroatoms. The molecule has 0 fully saturated rings. The fourth-order valence-corrected chi connectivity index (χ4v) is 3.64. The summed E-state index contributed by atoms with van der Waals surface area (Å²) in [6.45, 7) is 7.58. The van der Waals surface area contributed by atoms with Gasteiger partial charge >= 0.3 is 0 Å². The van der Waals surface area contributed by atoms with Crippen LogP contribution in [0, 0.1) is 0 Å². The summed E-state index contributed by atoms with van der Waals surface area (Å²) >= 11 is 0. The van der Waals surface area contributed by atoms with Crippen LogP contribution in [0.4, 0.5) is 0 Å². The maximum Gasteiger partial charge on any atom is 0.244 e. The maximum atomic E-state index is 12.6. The average Bonchev–Trinajstić information content (AvgIpc) is 2.77. The van der Waals surface area contributed by atoms with Crippen molar-refractivity contribution in [3.63, 3.8) is 0 Å². The van der Waals surface area contributed by atoms with E-state index in [1.807, 2.05) is 25.5 Å². The van der Waals surface area contributed by atoms with Gasteiger partial charge in [0.25, 0.3) is 0 Å². The topological polar surface area (TPSA) is 54.3 Å². The van der Waals surface area contributed by atoms with Gasteiger partial charge in [-0.05, 0) is 26.0 Å². The lowest BCUT2D eigenvalue weighted by atomic mass is 10.2. The van der Waals surface area contributed by atoms with E-state index in [2.05, 4.69) is 12.2 Å². The van der Waals surface area contributed by atoms with E-state index in [1.165, 1.54) is 4.31 Å². The Labute approximate surface area is 123 Å². The van der Waals surface area contributed by atoms with Crippen molar-refractivity contribution in [2.75, 3.05) is 13.6 Å². The van der Waals surface area contributed by atoms with E-state index >= 15 is 0 Å². The van der Waals surface area contributed by atoms with Crippen LogP contribution in [0.25, 0.3) is 0 Å². The first-order valence-electron chi connectivity index (χ1n) is 7.18. The summed E-state index contributed by atoms with van der Waals surface area (Å²) in [5.41, 5.74) is 0.974. The molecule has 0 amide bonds. The molecule has 20 heavy (non-hydrogen) atoms. The summed E-state index contributed by atoms with van der Waals surface area (Å²) in [6, 6.07) is 1.77. The van der Waals surface area contributed by atoms with E-state index in [-0.39, 0.29) is 6.04 Å². The average molecular weight is 301 g/mol. The molecule has 116 valence electrons. The first kappa shape index (κ1) is 17.2. The zero-order chi connectivity index (χ0) is 15.3. The number of hydrogen-bond donors (Lipinski definition) is 1. The van der Waals surface area contributed by atoms with Gasteiger partial charge in [0.2, 0.25) is 10.0 Å². The second-order valence-electron chi connectivity index (χ2n) is 5.22. The van der Waals surface area contributed by atoms with E-state index in [0.717, 1.165) is 25.1 Å². The van der Waals surface area contributed by atoms with Gasteiger partial charge in [0.15, 0.2) is 0 Å². The predicted octanol–water partition coefficient (Wildman–Crippen LogP) is 1.94. The summed E-state index contributed by atoms with van der Waals surface area (Å²) < 4.78 is 28.5. The monoisotopic (exact) mass is 301 g/mol. The number of sulfonamides is 1. The molecule has 0 aliphatic rings. The Balaban J connectivity index is 2.98. The third kappa shape index (κ3) is 3.84. The van der Waals surface area contributed by atoms with Gasteiger partial charge in [-0.1, -0.05) is 20.3 Å². The second-order valence-corrected chi connectivity index (χ2v) is 7.21. The van der Waals surface area contributed by atoms with Crippen molar-refractivity contribution in [1.29, 1.82) is 0 Å². The van der Waals surface area contributed by atoms with Crippen LogP contribution in [0.3, 0.4) is 0 Å². The first-order valence-corrected chi connectivity index (χ1v) is 8.62. The van der Waals surface area contributed by atoms with E-state index in [1.54, 1.807) is 19.3 Å². The molecule has 1 atom stereocenters. The smallest absolute Gasteiger partial charge is 0.244 e. The quantitative estimate of drug-likeness (QED) is 0.798. The Morgan fingerprint density at radius 2 is 2.05 bits per heavy atom. The highest BCUT2D eigenvalue weighted by Gasteiger charge is 2.26. The second kappa shape index (κ2) is 7.24.